The molecule has 0 aliphatic carbocycles. The minimum Gasteiger partial charge on any atom is -0.265 e. The zero-order valence-corrected chi connectivity index (χ0v) is 14.2. The van der Waals surface area contributed by atoms with Crippen LogP contribution in [0.3, 0.4) is 0 Å². The zero-order chi connectivity index (χ0) is 16.4. The van der Waals surface area contributed by atoms with Crippen LogP contribution in [0.1, 0.15) is 44.9 Å². The molecule has 0 radical (unpaired) electrons. The molecule has 1 unspecified atom stereocenters. The molecule has 0 aliphatic heterocycles. The Morgan fingerprint density at radius 2 is 1.55 bits per heavy atom. The van der Waals surface area contributed by atoms with E-state index >= 15 is 0 Å². The van der Waals surface area contributed by atoms with Gasteiger partial charge >= 0.3 is 0 Å². The number of nitrogens with one attached hydrogen (secondary N) is 1. The molecule has 0 saturated carbocycles. The van der Waals surface area contributed by atoms with E-state index in [1.807, 2.05) is 19.1 Å². The highest BCUT2D eigenvalue weighted by Crippen LogP contribution is 2.24. The molecule has 0 saturated heterocycles. The summed E-state index contributed by atoms with van der Waals surface area (Å²) < 4.78 is 27.6. The Balaban J connectivity index is 2.20. The van der Waals surface area contributed by atoms with Gasteiger partial charge in [-0.15, -0.1) is 0 Å². The number of sulfonamides is 1. The van der Waals surface area contributed by atoms with Crippen molar-refractivity contribution in [3.05, 3.63) is 59.9 Å². The minimum atomic E-state index is -3.54. The van der Waals surface area contributed by atoms with Gasteiger partial charge in [-0.1, -0.05) is 32.9 Å². The highest BCUT2D eigenvalue weighted by atomic mass is 32.2. The second-order valence-corrected chi connectivity index (χ2v) is 8.11. The monoisotopic (exact) mass is 318 g/mol. The van der Waals surface area contributed by atoms with E-state index in [1.165, 1.54) is 0 Å². The second-order valence-electron chi connectivity index (χ2n) is 6.40. The maximum absolute atomic E-state index is 12.5. The molecule has 1 aromatic heterocycles. The van der Waals surface area contributed by atoms with Crippen molar-refractivity contribution in [2.24, 2.45) is 0 Å². The summed E-state index contributed by atoms with van der Waals surface area (Å²) in [5.74, 6) is 0. The minimum absolute atomic E-state index is 0.0000503. The molecule has 4 nitrogen and oxygen atoms in total. The molecule has 22 heavy (non-hydrogen) atoms. The second kappa shape index (κ2) is 6.18. The van der Waals surface area contributed by atoms with Crippen molar-refractivity contribution in [2.45, 2.75) is 44.0 Å². The molecule has 0 bridgehead atoms. The largest absolute Gasteiger partial charge is 0.265 e. The molecular formula is C17H22N2O2S. The quantitative estimate of drug-likeness (QED) is 0.939. The van der Waals surface area contributed by atoms with Crippen molar-refractivity contribution in [1.29, 1.82) is 0 Å². The van der Waals surface area contributed by atoms with E-state index in [4.69, 9.17) is 0 Å². The molecular weight excluding hydrogens is 296 g/mol. The molecule has 118 valence electrons. The molecule has 2 aromatic rings. The molecule has 0 spiro atoms. The van der Waals surface area contributed by atoms with Gasteiger partial charge in [0.2, 0.25) is 10.0 Å². The van der Waals surface area contributed by atoms with E-state index in [0.717, 1.165) is 11.1 Å². The van der Waals surface area contributed by atoms with Crippen molar-refractivity contribution in [3.8, 4) is 0 Å². The Morgan fingerprint density at radius 1 is 1.00 bits per heavy atom. The summed E-state index contributed by atoms with van der Waals surface area (Å²) in [6.45, 7) is 8.11. The van der Waals surface area contributed by atoms with Gasteiger partial charge in [0.15, 0.2) is 0 Å². The van der Waals surface area contributed by atoms with Crippen molar-refractivity contribution in [2.75, 3.05) is 0 Å². The van der Waals surface area contributed by atoms with Crippen molar-refractivity contribution < 1.29 is 8.42 Å². The molecule has 0 aliphatic rings. The Hall–Kier alpha value is -1.72. The number of hydrogen-bond acceptors (Lipinski definition) is 3. The summed E-state index contributed by atoms with van der Waals surface area (Å²) in [5.41, 5.74) is 1.98. The summed E-state index contributed by atoms with van der Waals surface area (Å²) in [4.78, 5) is 4.22. The van der Waals surface area contributed by atoms with Gasteiger partial charge in [0.25, 0.3) is 0 Å². The number of rotatable bonds is 4. The van der Waals surface area contributed by atoms with Gasteiger partial charge in [-0.25, -0.2) is 13.1 Å². The standard InChI is InChI=1S/C17H22N2O2S/c1-13(14-9-11-18-12-10-14)19-22(20,21)16-7-5-15(6-8-16)17(2,3)4/h5-13,19H,1-4H3. The molecule has 0 fully saturated rings. The topological polar surface area (TPSA) is 59.1 Å². The van der Waals surface area contributed by atoms with Crippen LogP contribution in [0.25, 0.3) is 0 Å². The average Bonchev–Trinajstić information content (AvgIpc) is 2.47. The zero-order valence-electron chi connectivity index (χ0n) is 13.4. The third-order valence-corrected chi connectivity index (χ3v) is 5.13. The van der Waals surface area contributed by atoms with Crippen molar-refractivity contribution >= 4 is 10.0 Å². The number of benzene rings is 1. The summed E-state index contributed by atoms with van der Waals surface area (Å²) in [6, 6.07) is 10.3. The SMILES string of the molecule is CC(NS(=O)(=O)c1ccc(C(C)(C)C)cc1)c1ccncc1. The predicted molar refractivity (Wildman–Crippen MR) is 88.1 cm³/mol. The highest BCUT2D eigenvalue weighted by Gasteiger charge is 2.20. The third kappa shape index (κ3) is 3.93. The van der Waals surface area contributed by atoms with Crippen LogP contribution in [0, 0.1) is 0 Å². The van der Waals surface area contributed by atoms with E-state index < -0.39 is 10.0 Å². The Labute approximate surface area is 132 Å². The van der Waals surface area contributed by atoms with Crippen LogP contribution in [0.5, 0.6) is 0 Å². The molecule has 1 heterocycles. The third-order valence-electron chi connectivity index (χ3n) is 3.57. The van der Waals surface area contributed by atoms with Gasteiger partial charge in [0, 0.05) is 18.4 Å². The summed E-state index contributed by atoms with van der Waals surface area (Å²) in [7, 11) is -3.54. The van der Waals surface area contributed by atoms with Crippen LogP contribution >= 0.6 is 0 Å². The number of hydrogen-bond donors (Lipinski definition) is 1. The van der Waals surface area contributed by atoms with Crippen LogP contribution in [0.4, 0.5) is 0 Å². The first-order chi connectivity index (χ1) is 10.2. The lowest BCUT2D eigenvalue weighted by atomic mass is 9.87. The summed E-state index contributed by atoms with van der Waals surface area (Å²) in [6.07, 6.45) is 3.30. The van der Waals surface area contributed by atoms with Crippen LogP contribution in [0.2, 0.25) is 0 Å². The normalized spacial score (nSPS) is 13.8. The van der Waals surface area contributed by atoms with Crippen LogP contribution in [0.15, 0.2) is 53.7 Å². The predicted octanol–water partition coefficient (Wildman–Crippen LogP) is 3.42. The fraction of sp³-hybridized carbons (Fsp3) is 0.353. The van der Waals surface area contributed by atoms with E-state index in [-0.39, 0.29) is 16.4 Å². The van der Waals surface area contributed by atoms with Gasteiger partial charge in [0.05, 0.1) is 4.90 Å². The lowest BCUT2D eigenvalue weighted by Crippen LogP contribution is -2.27. The maximum atomic E-state index is 12.5. The number of nitrogens with zero attached hydrogens (tertiary/aromatic N) is 1. The van der Waals surface area contributed by atoms with E-state index in [2.05, 4.69) is 30.5 Å². The van der Waals surface area contributed by atoms with Gasteiger partial charge in [-0.2, -0.15) is 0 Å². The first-order valence-corrected chi connectivity index (χ1v) is 8.71. The fourth-order valence-corrected chi connectivity index (χ4v) is 3.39. The Morgan fingerprint density at radius 3 is 2.05 bits per heavy atom. The molecule has 1 aromatic carbocycles. The van der Waals surface area contributed by atoms with E-state index in [0.29, 0.717) is 0 Å². The van der Waals surface area contributed by atoms with E-state index in [1.54, 1.807) is 36.7 Å². The van der Waals surface area contributed by atoms with Gasteiger partial charge in [0.1, 0.15) is 0 Å². The molecule has 1 N–H and O–H groups in total. The summed E-state index contributed by atoms with van der Waals surface area (Å²) in [5, 5.41) is 0. The fourth-order valence-electron chi connectivity index (χ4n) is 2.16. The molecule has 2 rings (SSSR count). The lowest BCUT2D eigenvalue weighted by molar-refractivity contribution is 0.565. The lowest BCUT2D eigenvalue weighted by Gasteiger charge is -2.19. The van der Waals surface area contributed by atoms with Crippen LogP contribution in [-0.2, 0) is 15.4 Å². The highest BCUT2D eigenvalue weighted by molar-refractivity contribution is 7.89. The van der Waals surface area contributed by atoms with Crippen molar-refractivity contribution in [3.63, 3.8) is 0 Å². The van der Waals surface area contributed by atoms with E-state index in [9.17, 15) is 8.42 Å². The first-order valence-electron chi connectivity index (χ1n) is 7.23. The molecule has 5 heteroatoms. The Bertz CT molecular complexity index is 718. The number of aromatic nitrogens is 1. The first kappa shape index (κ1) is 16.6. The van der Waals surface area contributed by atoms with Crippen molar-refractivity contribution in [1.82, 2.24) is 9.71 Å². The molecule has 1 atom stereocenters. The maximum Gasteiger partial charge on any atom is 0.241 e. The van der Waals surface area contributed by atoms with Gasteiger partial charge in [-0.3, -0.25) is 4.98 Å². The Kier molecular flexibility index (Phi) is 4.68. The van der Waals surface area contributed by atoms with Gasteiger partial charge < -0.3 is 0 Å². The molecule has 0 amide bonds. The number of pyridine rings is 1. The van der Waals surface area contributed by atoms with Crippen LogP contribution in [-0.4, -0.2) is 13.4 Å². The smallest absolute Gasteiger partial charge is 0.241 e. The van der Waals surface area contributed by atoms with Crippen LogP contribution < -0.4 is 4.72 Å². The summed E-state index contributed by atoms with van der Waals surface area (Å²) >= 11 is 0. The van der Waals surface area contributed by atoms with Gasteiger partial charge in [-0.05, 0) is 47.7 Å². The average molecular weight is 318 g/mol.